The molecule has 3 aromatic rings. The maximum atomic E-state index is 13.2. The van der Waals surface area contributed by atoms with Gasteiger partial charge in [-0.05, 0) is 48.9 Å². The molecule has 32 heavy (non-hydrogen) atoms. The van der Waals surface area contributed by atoms with Gasteiger partial charge in [0.05, 0.1) is 24.9 Å². The average molecular weight is 437 g/mol. The molecule has 0 aliphatic carbocycles. The molecule has 1 aromatic carbocycles. The number of amides is 1. The Morgan fingerprint density at radius 3 is 2.94 bits per heavy atom. The van der Waals surface area contributed by atoms with Crippen molar-refractivity contribution in [3.05, 3.63) is 65.1 Å². The van der Waals surface area contributed by atoms with Gasteiger partial charge >= 0.3 is 0 Å². The number of oxazole rings is 1. The van der Waals surface area contributed by atoms with Crippen LogP contribution in [0, 0.1) is 5.92 Å². The zero-order valence-electron chi connectivity index (χ0n) is 19.4. The number of rotatable bonds is 7. The molecule has 0 radical (unpaired) electrons. The highest BCUT2D eigenvalue weighted by atomic mass is 16.5. The Morgan fingerprint density at radius 1 is 1.31 bits per heavy atom. The fourth-order valence-electron chi connectivity index (χ4n) is 4.35. The smallest absolute Gasteiger partial charge is 0.272 e. The molecular weight excluding hydrogens is 404 g/mol. The van der Waals surface area contributed by atoms with E-state index in [9.17, 15) is 4.79 Å². The number of aromatic nitrogens is 3. The van der Waals surface area contributed by atoms with E-state index < -0.39 is 0 Å². The predicted octanol–water partition coefficient (Wildman–Crippen LogP) is 4.23. The summed E-state index contributed by atoms with van der Waals surface area (Å²) in [6.07, 6.45) is 5.23. The van der Waals surface area contributed by atoms with Crippen molar-refractivity contribution in [2.24, 2.45) is 13.0 Å². The lowest BCUT2D eigenvalue weighted by atomic mass is 9.97. The van der Waals surface area contributed by atoms with Gasteiger partial charge in [-0.3, -0.25) is 9.48 Å². The molecule has 7 nitrogen and oxygen atoms in total. The summed E-state index contributed by atoms with van der Waals surface area (Å²) in [7, 11) is 3.51. The van der Waals surface area contributed by atoms with Crippen molar-refractivity contribution in [3.63, 3.8) is 0 Å². The van der Waals surface area contributed by atoms with Crippen LogP contribution in [-0.2, 0) is 19.9 Å². The number of piperidine rings is 1. The fourth-order valence-corrected chi connectivity index (χ4v) is 4.35. The van der Waals surface area contributed by atoms with Crippen LogP contribution >= 0.6 is 0 Å². The van der Waals surface area contributed by atoms with E-state index in [4.69, 9.17) is 9.15 Å². The lowest BCUT2D eigenvalue weighted by molar-refractivity contribution is 0.0686. The molecule has 1 aliphatic rings. The highest BCUT2D eigenvalue weighted by molar-refractivity contribution is 5.92. The molecule has 1 aliphatic heterocycles. The van der Waals surface area contributed by atoms with Crippen molar-refractivity contribution in [1.82, 2.24) is 19.7 Å². The monoisotopic (exact) mass is 436 g/mol. The van der Waals surface area contributed by atoms with Crippen LogP contribution in [0.15, 0.2) is 40.9 Å². The standard InChI is InChI=1S/C25H32N4O3/c1-17(2)11-20-14-23(28(3)27-20)25(30)29-10-6-8-19(16-29)24-26-15-22(32-24)13-18-7-5-9-21(12-18)31-4/h5,7,9,12,14-15,17,19H,6,8,10-11,13,16H2,1-4H3/t19-/m0/s1. The van der Waals surface area contributed by atoms with Crippen LogP contribution in [-0.4, -0.2) is 45.8 Å². The topological polar surface area (TPSA) is 73.4 Å². The number of likely N-dealkylation sites (tertiary alicyclic amines) is 1. The molecule has 7 heteroatoms. The third kappa shape index (κ3) is 5.03. The number of carbonyl (C=O) groups excluding carboxylic acids is 1. The van der Waals surface area contributed by atoms with Crippen LogP contribution in [0.2, 0.25) is 0 Å². The molecule has 4 rings (SSSR count). The van der Waals surface area contributed by atoms with Crippen LogP contribution in [0.5, 0.6) is 5.75 Å². The number of benzene rings is 1. The molecule has 170 valence electrons. The summed E-state index contributed by atoms with van der Waals surface area (Å²) >= 11 is 0. The third-order valence-electron chi connectivity index (χ3n) is 5.91. The second-order valence-electron chi connectivity index (χ2n) is 9.03. The summed E-state index contributed by atoms with van der Waals surface area (Å²) in [5.74, 6) is 3.00. The number of hydrogen-bond donors (Lipinski definition) is 0. The Labute approximate surface area is 189 Å². The molecule has 1 fully saturated rings. The lowest BCUT2D eigenvalue weighted by Gasteiger charge is -2.31. The van der Waals surface area contributed by atoms with Gasteiger partial charge in [0, 0.05) is 26.6 Å². The quantitative estimate of drug-likeness (QED) is 0.554. The number of methoxy groups -OCH3 is 1. The SMILES string of the molecule is COc1cccc(Cc2cnc([C@H]3CCCN(C(=O)c4cc(CC(C)C)nn4C)C3)o2)c1. The molecule has 0 spiro atoms. The van der Waals surface area contributed by atoms with E-state index in [0.29, 0.717) is 30.5 Å². The number of ether oxygens (including phenoxy) is 1. The molecule has 0 unspecified atom stereocenters. The maximum Gasteiger partial charge on any atom is 0.272 e. The summed E-state index contributed by atoms with van der Waals surface area (Å²) in [5, 5.41) is 4.53. The second-order valence-corrected chi connectivity index (χ2v) is 9.03. The highest BCUT2D eigenvalue weighted by Gasteiger charge is 2.30. The van der Waals surface area contributed by atoms with Gasteiger partial charge < -0.3 is 14.1 Å². The van der Waals surface area contributed by atoms with Crippen molar-refractivity contribution in [2.75, 3.05) is 20.2 Å². The molecule has 0 saturated carbocycles. The minimum Gasteiger partial charge on any atom is -0.497 e. The second kappa shape index (κ2) is 9.59. The minimum atomic E-state index is 0.0304. The fraction of sp³-hybridized carbons (Fsp3) is 0.480. The zero-order chi connectivity index (χ0) is 22.7. The van der Waals surface area contributed by atoms with E-state index in [1.807, 2.05) is 42.3 Å². The minimum absolute atomic E-state index is 0.0304. The predicted molar refractivity (Wildman–Crippen MR) is 122 cm³/mol. The number of nitrogens with zero attached hydrogens (tertiary/aromatic N) is 4. The maximum absolute atomic E-state index is 13.2. The van der Waals surface area contributed by atoms with E-state index in [1.54, 1.807) is 18.0 Å². The first-order valence-corrected chi connectivity index (χ1v) is 11.3. The van der Waals surface area contributed by atoms with Gasteiger partial charge in [0.15, 0.2) is 5.89 Å². The molecular formula is C25H32N4O3. The Bertz CT molecular complexity index is 1070. The Kier molecular flexibility index (Phi) is 6.63. The average Bonchev–Trinajstić information content (AvgIpc) is 3.39. The third-order valence-corrected chi connectivity index (χ3v) is 5.91. The first-order chi connectivity index (χ1) is 15.4. The van der Waals surface area contributed by atoms with E-state index in [1.165, 1.54) is 0 Å². The summed E-state index contributed by atoms with van der Waals surface area (Å²) in [6.45, 7) is 5.68. The van der Waals surface area contributed by atoms with Crippen molar-refractivity contribution in [2.45, 2.75) is 45.4 Å². The Balaban J connectivity index is 1.43. The van der Waals surface area contributed by atoms with Crippen LogP contribution < -0.4 is 4.74 Å². The zero-order valence-corrected chi connectivity index (χ0v) is 19.4. The van der Waals surface area contributed by atoms with Crippen molar-refractivity contribution in [1.29, 1.82) is 0 Å². The van der Waals surface area contributed by atoms with Gasteiger partial charge in [-0.25, -0.2) is 4.98 Å². The van der Waals surface area contributed by atoms with Crippen molar-refractivity contribution in [3.8, 4) is 5.75 Å². The van der Waals surface area contributed by atoms with Crippen molar-refractivity contribution >= 4 is 5.91 Å². The summed E-state index contributed by atoms with van der Waals surface area (Å²) in [6, 6.07) is 9.89. The normalized spacial score (nSPS) is 16.5. The molecule has 0 N–H and O–H groups in total. The van der Waals surface area contributed by atoms with Crippen LogP contribution in [0.1, 0.15) is 66.0 Å². The molecule has 2 aromatic heterocycles. The summed E-state index contributed by atoms with van der Waals surface area (Å²) in [4.78, 5) is 19.7. The molecule has 1 atom stereocenters. The lowest BCUT2D eigenvalue weighted by Crippen LogP contribution is -2.40. The van der Waals surface area contributed by atoms with Crippen molar-refractivity contribution < 1.29 is 13.9 Å². The van der Waals surface area contributed by atoms with E-state index in [0.717, 1.165) is 48.6 Å². The summed E-state index contributed by atoms with van der Waals surface area (Å²) in [5.41, 5.74) is 2.72. The molecule has 3 heterocycles. The molecule has 0 bridgehead atoms. The molecule has 1 saturated heterocycles. The van der Waals surface area contributed by atoms with Gasteiger partial charge in [-0.2, -0.15) is 5.10 Å². The molecule has 1 amide bonds. The first kappa shape index (κ1) is 22.1. The number of carbonyl (C=O) groups is 1. The van der Waals surface area contributed by atoms with E-state index >= 15 is 0 Å². The number of hydrogen-bond acceptors (Lipinski definition) is 5. The van der Waals surface area contributed by atoms with Crippen LogP contribution in [0.3, 0.4) is 0 Å². The van der Waals surface area contributed by atoms with Crippen LogP contribution in [0.4, 0.5) is 0 Å². The first-order valence-electron chi connectivity index (χ1n) is 11.3. The Hall–Kier alpha value is -3.09. The van der Waals surface area contributed by atoms with Gasteiger partial charge in [0.1, 0.15) is 17.2 Å². The van der Waals surface area contributed by atoms with Crippen LogP contribution in [0.25, 0.3) is 0 Å². The van der Waals surface area contributed by atoms with E-state index in [-0.39, 0.29) is 11.8 Å². The Morgan fingerprint density at radius 2 is 2.16 bits per heavy atom. The van der Waals surface area contributed by atoms with Gasteiger partial charge in [-0.1, -0.05) is 26.0 Å². The largest absolute Gasteiger partial charge is 0.497 e. The highest BCUT2D eigenvalue weighted by Crippen LogP contribution is 2.28. The summed E-state index contributed by atoms with van der Waals surface area (Å²) < 4.78 is 13.1. The van der Waals surface area contributed by atoms with Gasteiger partial charge in [0.2, 0.25) is 0 Å². The van der Waals surface area contributed by atoms with E-state index in [2.05, 4.69) is 23.9 Å². The number of aryl methyl sites for hydroxylation is 1. The van der Waals surface area contributed by atoms with Gasteiger partial charge in [0.25, 0.3) is 5.91 Å². The van der Waals surface area contributed by atoms with Gasteiger partial charge in [-0.15, -0.1) is 0 Å².